The molecule has 2 fully saturated rings. The number of nitrogens with two attached hydrogens (primary N) is 1. The standard InChI is InChI=1S/C23H30F2N6O5S/c1-2-7-37-23-28-21(27-15-9-12(15)11-3-4-13(24)14(25)8-11)18(26)22(29-23)31(30-35)16-10-17(36-6-5-32)20(34)19(16)33/h3-4,8,12,15-17,19-20,32-34H,2,5-7,9-10,26H2,1H3,(H,27,28,29)/t12-,15+,16+,17-,19-,20+/m0/s1. The van der Waals surface area contributed by atoms with E-state index < -0.39 is 36.0 Å². The first kappa shape index (κ1) is 27.4. The maximum absolute atomic E-state index is 13.7. The van der Waals surface area contributed by atoms with Gasteiger partial charge in [-0.25, -0.2) is 23.8 Å². The van der Waals surface area contributed by atoms with Crippen LogP contribution < -0.4 is 16.1 Å². The number of aromatic nitrogens is 2. The molecule has 14 heteroatoms. The van der Waals surface area contributed by atoms with Gasteiger partial charge in [0, 0.05) is 24.1 Å². The number of aliphatic hydroxyl groups is 3. The van der Waals surface area contributed by atoms with Gasteiger partial charge in [0.2, 0.25) is 0 Å². The highest BCUT2D eigenvalue weighted by molar-refractivity contribution is 7.99. The van der Waals surface area contributed by atoms with Crippen molar-refractivity contribution < 1.29 is 28.8 Å². The first-order valence-corrected chi connectivity index (χ1v) is 13.0. The number of thioether (sulfide) groups is 1. The number of ether oxygens (including phenoxy) is 1. The summed E-state index contributed by atoms with van der Waals surface area (Å²) in [5.74, 6) is -1.02. The summed E-state index contributed by atoms with van der Waals surface area (Å²) in [5.41, 5.74) is 7.02. The van der Waals surface area contributed by atoms with E-state index in [4.69, 9.17) is 15.6 Å². The van der Waals surface area contributed by atoms with Crippen molar-refractivity contribution in [1.82, 2.24) is 9.97 Å². The largest absolute Gasteiger partial charge is 0.394 e. The third kappa shape index (κ3) is 5.93. The van der Waals surface area contributed by atoms with Crippen molar-refractivity contribution >= 4 is 29.1 Å². The van der Waals surface area contributed by atoms with Gasteiger partial charge in [-0.2, -0.15) is 0 Å². The van der Waals surface area contributed by atoms with E-state index in [9.17, 15) is 23.9 Å². The van der Waals surface area contributed by atoms with Crippen LogP contribution in [-0.2, 0) is 4.74 Å². The number of nitrogen functional groups attached to an aromatic ring is 1. The molecule has 2 saturated carbocycles. The van der Waals surface area contributed by atoms with Crippen molar-refractivity contribution in [2.24, 2.45) is 5.29 Å². The number of rotatable bonds is 12. The van der Waals surface area contributed by atoms with Gasteiger partial charge in [0.15, 0.2) is 28.4 Å². The van der Waals surface area contributed by atoms with E-state index in [1.165, 1.54) is 23.9 Å². The Morgan fingerprint density at radius 1 is 1.24 bits per heavy atom. The molecule has 6 atom stereocenters. The van der Waals surface area contributed by atoms with E-state index in [1.807, 2.05) is 6.92 Å². The molecule has 1 aromatic heterocycles. The highest BCUT2D eigenvalue weighted by Gasteiger charge is 2.47. The van der Waals surface area contributed by atoms with E-state index in [2.05, 4.69) is 20.6 Å². The molecule has 2 aliphatic rings. The summed E-state index contributed by atoms with van der Waals surface area (Å²) in [4.78, 5) is 20.9. The highest BCUT2D eigenvalue weighted by Crippen LogP contribution is 2.45. The fraction of sp³-hybridized carbons (Fsp3) is 0.565. The van der Waals surface area contributed by atoms with E-state index in [-0.39, 0.29) is 48.9 Å². The number of nitrogens with one attached hydrogen (secondary N) is 1. The summed E-state index contributed by atoms with van der Waals surface area (Å²) in [6.45, 7) is 1.68. The molecule has 0 saturated heterocycles. The Balaban J connectivity index is 1.60. The molecule has 6 N–H and O–H groups in total. The summed E-state index contributed by atoms with van der Waals surface area (Å²) in [5, 5.41) is 37.5. The number of benzene rings is 1. The molecule has 1 aromatic carbocycles. The fourth-order valence-corrected chi connectivity index (χ4v) is 5.15. The molecular formula is C23H30F2N6O5S. The summed E-state index contributed by atoms with van der Waals surface area (Å²) in [6, 6.07) is 2.64. The summed E-state index contributed by atoms with van der Waals surface area (Å²) >= 11 is 1.35. The number of aliphatic hydroxyl groups excluding tert-OH is 3. The molecule has 0 bridgehead atoms. The molecule has 0 radical (unpaired) electrons. The molecule has 2 aliphatic carbocycles. The molecule has 4 rings (SSSR count). The minimum atomic E-state index is -1.39. The third-order valence-corrected chi connectivity index (χ3v) is 7.52. The zero-order chi connectivity index (χ0) is 26.7. The predicted molar refractivity (Wildman–Crippen MR) is 134 cm³/mol. The Bertz CT molecular complexity index is 1120. The zero-order valence-corrected chi connectivity index (χ0v) is 20.9. The number of hydrogen-bond acceptors (Lipinski definition) is 11. The van der Waals surface area contributed by atoms with Crippen molar-refractivity contribution in [3.8, 4) is 0 Å². The van der Waals surface area contributed by atoms with Crippen LogP contribution in [0.3, 0.4) is 0 Å². The average molecular weight is 541 g/mol. The second-order valence-corrected chi connectivity index (χ2v) is 10.1. The smallest absolute Gasteiger partial charge is 0.191 e. The van der Waals surface area contributed by atoms with E-state index >= 15 is 0 Å². The van der Waals surface area contributed by atoms with Crippen molar-refractivity contribution in [2.75, 3.05) is 35.0 Å². The van der Waals surface area contributed by atoms with Gasteiger partial charge in [0.05, 0.1) is 30.6 Å². The molecule has 2 aromatic rings. The van der Waals surface area contributed by atoms with Crippen LogP contribution >= 0.6 is 11.8 Å². The van der Waals surface area contributed by atoms with Crippen molar-refractivity contribution in [2.45, 2.75) is 67.7 Å². The zero-order valence-electron chi connectivity index (χ0n) is 20.1. The monoisotopic (exact) mass is 540 g/mol. The lowest BCUT2D eigenvalue weighted by atomic mass is 10.1. The normalized spacial score (nSPS) is 26.8. The third-order valence-electron chi connectivity index (χ3n) is 6.47. The highest BCUT2D eigenvalue weighted by atomic mass is 32.2. The molecule has 0 spiro atoms. The summed E-state index contributed by atoms with van der Waals surface area (Å²) in [7, 11) is 0. The van der Waals surface area contributed by atoms with Gasteiger partial charge in [-0.05, 0) is 30.5 Å². The lowest BCUT2D eigenvalue weighted by Gasteiger charge is -2.26. The van der Waals surface area contributed by atoms with Gasteiger partial charge in [0.25, 0.3) is 0 Å². The number of halogens is 2. The molecule has 0 aliphatic heterocycles. The second-order valence-electron chi connectivity index (χ2n) is 9.05. The van der Waals surface area contributed by atoms with Crippen LogP contribution in [0.15, 0.2) is 28.6 Å². The maximum atomic E-state index is 13.7. The minimum Gasteiger partial charge on any atom is -0.394 e. The van der Waals surface area contributed by atoms with Crippen LogP contribution in [0.5, 0.6) is 0 Å². The van der Waals surface area contributed by atoms with Crippen molar-refractivity contribution in [3.05, 3.63) is 40.3 Å². The predicted octanol–water partition coefficient (Wildman–Crippen LogP) is 2.17. The SMILES string of the molecule is CCCSc1nc(N[C@@H]2C[C@H]2c2ccc(F)c(F)c2)c(N)c(N(N=O)[C@@H]2C[C@H](OCCO)[C@@H](O)[C@H]2O)n1. The minimum absolute atomic E-state index is 0.0119. The molecule has 37 heavy (non-hydrogen) atoms. The number of hydrogen-bond donors (Lipinski definition) is 5. The Morgan fingerprint density at radius 3 is 2.70 bits per heavy atom. The lowest BCUT2D eigenvalue weighted by Crippen LogP contribution is -2.41. The number of anilines is 3. The van der Waals surface area contributed by atoms with Crippen LogP contribution in [0, 0.1) is 16.5 Å². The van der Waals surface area contributed by atoms with Crippen LogP contribution in [0.2, 0.25) is 0 Å². The van der Waals surface area contributed by atoms with Gasteiger partial charge in [-0.1, -0.05) is 24.8 Å². The van der Waals surface area contributed by atoms with E-state index in [1.54, 1.807) is 0 Å². The molecular weight excluding hydrogens is 510 g/mol. The van der Waals surface area contributed by atoms with Gasteiger partial charge >= 0.3 is 0 Å². The average Bonchev–Trinajstić information content (AvgIpc) is 3.60. The first-order valence-electron chi connectivity index (χ1n) is 12.0. The van der Waals surface area contributed by atoms with Crippen molar-refractivity contribution in [1.29, 1.82) is 0 Å². The molecule has 1 heterocycles. The van der Waals surface area contributed by atoms with Crippen LogP contribution in [0.25, 0.3) is 0 Å². The number of nitrogens with zero attached hydrogens (tertiary/aromatic N) is 4. The topological polar surface area (TPSA) is 166 Å². The van der Waals surface area contributed by atoms with E-state index in [0.717, 1.165) is 17.5 Å². The lowest BCUT2D eigenvalue weighted by molar-refractivity contribution is -0.0616. The first-order chi connectivity index (χ1) is 17.8. The van der Waals surface area contributed by atoms with Crippen LogP contribution in [0.1, 0.15) is 37.7 Å². The van der Waals surface area contributed by atoms with Gasteiger partial charge in [0.1, 0.15) is 17.9 Å². The summed E-state index contributed by atoms with van der Waals surface area (Å²) in [6.07, 6.45) is -2.01. The molecule has 0 unspecified atom stereocenters. The van der Waals surface area contributed by atoms with Gasteiger partial charge < -0.3 is 31.1 Å². The quantitative estimate of drug-likeness (QED) is 0.116. The van der Waals surface area contributed by atoms with Crippen molar-refractivity contribution in [3.63, 3.8) is 0 Å². The maximum Gasteiger partial charge on any atom is 0.191 e. The molecule has 0 amide bonds. The Labute approximate surface area is 216 Å². The van der Waals surface area contributed by atoms with Gasteiger partial charge in [-0.3, -0.25) is 0 Å². The van der Waals surface area contributed by atoms with Crippen LogP contribution in [-0.4, -0.2) is 74.6 Å². The Hall–Kier alpha value is -2.65. The second kappa shape index (κ2) is 11.8. The van der Waals surface area contributed by atoms with Crippen LogP contribution in [0.4, 0.5) is 26.1 Å². The number of nitroso groups, excluding NO2 is 1. The Morgan fingerprint density at radius 2 is 2.03 bits per heavy atom. The molecule has 202 valence electrons. The fourth-order valence-electron chi connectivity index (χ4n) is 4.46. The summed E-state index contributed by atoms with van der Waals surface area (Å²) < 4.78 is 32.4. The molecule has 11 nitrogen and oxygen atoms in total. The van der Waals surface area contributed by atoms with Gasteiger partial charge in [-0.15, -0.1) is 4.91 Å². The van der Waals surface area contributed by atoms with E-state index in [0.29, 0.717) is 22.9 Å². The Kier molecular flexibility index (Phi) is 8.75.